The third-order valence-electron chi connectivity index (χ3n) is 1.77. The highest BCUT2D eigenvalue weighted by atomic mass is 35.5. The quantitative estimate of drug-likeness (QED) is 0.828. The van der Waals surface area contributed by atoms with Crippen LogP contribution in [0.15, 0.2) is 22.5 Å². The smallest absolute Gasteiger partial charge is 0.252 e. The maximum atomic E-state index is 11.3. The molecule has 0 fully saturated rings. The molecule has 15 heavy (non-hydrogen) atoms. The standard InChI is InChI=1S/C10H14ClN3O/c1-6(2)10-13-8(4-9(15)14-10)12-5-7(3)11/h4,6H,3,5H2,1-2H3,(H2,12,13,14,15). The first kappa shape index (κ1) is 11.8. The molecule has 4 nitrogen and oxygen atoms in total. The van der Waals surface area contributed by atoms with Gasteiger partial charge in [-0.15, -0.1) is 0 Å². The summed E-state index contributed by atoms with van der Waals surface area (Å²) >= 11 is 5.60. The van der Waals surface area contributed by atoms with Crippen molar-refractivity contribution in [3.8, 4) is 0 Å². The summed E-state index contributed by atoms with van der Waals surface area (Å²) in [4.78, 5) is 18.2. The van der Waals surface area contributed by atoms with Crippen LogP contribution < -0.4 is 10.9 Å². The molecule has 1 heterocycles. The Balaban J connectivity index is 2.89. The van der Waals surface area contributed by atoms with Gasteiger partial charge in [-0.2, -0.15) is 0 Å². The Morgan fingerprint density at radius 1 is 1.73 bits per heavy atom. The van der Waals surface area contributed by atoms with Gasteiger partial charge in [0, 0.05) is 17.0 Å². The molecule has 1 aromatic rings. The molecule has 0 aliphatic heterocycles. The highest BCUT2D eigenvalue weighted by Crippen LogP contribution is 2.09. The first-order valence-corrected chi connectivity index (χ1v) is 5.05. The fourth-order valence-electron chi connectivity index (χ4n) is 1.03. The second-order valence-corrected chi connectivity index (χ2v) is 4.08. The van der Waals surface area contributed by atoms with E-state index >= 15 is 0 Å². The topological polar surface area (TPSA) is 57.8 Å². The van der Waals surface area contributed by atoms with Crippen LogP contribution in [0.1, 0.15) is 25.6 Å². The molecule has 5 heteroatoms. The third kappa shape index (κ3) is 3.75. The predicted octanol–water partition coefficient (Wildman–Crippen LogP) is 2.06. The Morgan fingerprint density at radius 2 is 2.40 bits per heavy atom. The lowest BCUT2D eigenvalue weighted by Crippen LogP contribution is -2.15. The molecule has 1 rings (SSSR count). The van der Waals surface area contributed by atoms with E-state index in [-0.39, 0.29) is 11.5 Å². The first-order valence-electron chi connectivity index (χ1n) is 4.67. The average Bonchev–Trinajstić information content (AvgIpc) is 2.13. The van der Waals surface area contributed by atoms with Crippen LogP contribution in [0.3, 0.4) is 0 Å². The van der Waals surface area contributed by atoms with E-state index in [1.807, 2.05) is 13.8 Å². The van der Waals surface area contributed by atoms with E-state index in [0.717, 1.165) is 0 Å². The Labute approximate surface area is 93.4 Å². The highest BCUT2D eigenvalue weighted by molar-refractivity contribution is 6.29. The molecule has 0 unspecified atom stereocenters. The van der Waals surface area contributed by atoms with Crippen molar-refractivity contribution in [2.24, 2.45) is 0 Å². The Morgan fingerprint density at radius 3 is 2.93 bits per heavy atom. The molecule has 0 saturated heterocycles. The van der Waals surface area contributed by atoms with Crippen molar-refractivity contribution in [2.75, 3.05) is 11.9 Å². The van der Waals surface area contributed by atoms with Crippen molar-refractivity contribution in [2.45, 2.75) is 19.8 Å². The van der Waals surface area contributed by atoms with Crippen LogP contribution in [0, 0.1) is 0 Å². The summed E-state index contributed by atoms with van der Waals surface area (Å²) in [6.45, 7) is 7.86. The van der Waals surface area contributed by atoms with Crippen molar-refractivity contribution in [1.82, 2.24) is 9.97 Å². The molecule has 0 amide bonds. The third-order valence-corrected chi connectivity index (χ3v) is 1.90. The van der Waals surface area contributed by atoms with E-state index in [4.69, 9.17) is 11.6 Å². The molecule has 0 aromatic carbocycles. The molecule has 0 aliphatic rings. The Kier molecular flexibility index (Phi) is 3.91. The van der Waals surface area contributed by atoms with Gasteiger partial charge in [0.25, 0.3) is 5.56 Å². The number of aromatic amines is 1. The van der Waals surface area contributed by atoms with Gasteiger partial charge in [-0.1, -0.05) is 32.0 Å². The van der Waals surface area contributed by atoms with Crippen molar-refractivity contribution >= 4 is 17.4 Å². The molecule has 0 atom stereocenters. The minimum atomic E-state index is -0.170. The fourth-order valence-corrected chi connectivity index (χ4v) is 1.09. The SMILES string of the molecule is C=C(Cl)CNc1cc(=O)[nH]c(C(C)C)n1. The maximum Gasteiger partial charge on any atom is 0.252 e. The largest absolute Gasteiger partial charge is 0.365 e. The second-order valence-electron chi connectivity index (χ2n) is 3.54. The Hall–Kier alpha value is -1.29. The van der Waals surface area contributed by atoms with E-state index in [2.05, 4.69) is 21.9 Å². The van der Waals surface area contributed by atoms with Gasteiger partial charge in [0.2, 0.25) is 0 Å². The van der Waals surface area contributed by atoms with E-state index in [1.165, 1.54) is 6.07 Å². The molecule has 1 aromatic heterocycles. The molecule has 82 valence electrons. The van der Waals surface area contributed by atoms with Gasteiger partial charge in [0.05, 0.1) is 6.54 Å². The minimum absolute atomic E-state index is 0.170. The first-order chi connectivity index (χ1) is 6.99. The molecule has 0 bridgehead atoms. The van der Waals surface area contributed by atoms with Crippen molar-refractivity contribution in [3.05, 3.63) is 33.9 Å². The van der Waals surface area contributed by atoms with Gasteiger partial charge in [-0.25, -0.2) is 4.98 Å². The summed E-state index contributed by atoms with van der Waals surface area (Å²) in [6, 6.07) is 1.39. The molecular formula is C10H14ClN3O. The monoisotopic (exact) mass is 227 g/mol. The Bertz CT molecular complexity index is 411. The summed E-state index contributed by atoms with van der Waals surface area (Å²) < 4.78 is 0. The van der Waals surface area contributed by atoms with Gasteiger partial charge in [-0.05, 0) is 0 Å². The molecule has 0 aliphatic carbocycles. The second kappa shape index (κ2) is 4.98. The number of H-pyrrole nitrogens is 1. The number of nitrogens with zero attached hydrogens (tertiary/aromatic N) is 1. The maximum absolute atomic E-state index is 11.3. The number of nitrogens with one attached hydrogen (secondary N) is 2. The van der Waals surface area contributed by atoms with Crippen LogP contribution in [0.25, 0.3) is 0 Å². The van der Waals surface area contributed by atoms with Crippen LogP contribution >= 0.6 is 11.6 Å². The van der Waals surface area contributed by atoms with Gasteiger partial charge >= 0.3 is 0 Å². The number of halogens is 1. The van der Waals surface area contributed by atoms with Crippen LogP contribution in [0.2, 0.25) is 0 Å². The van der Waals surface area contributed by atoms with Crippen LogP contribution in [0.5, 0.6) is 0 Å². The highest BCUT2D eigenvalue weighted by Gasteiger charge is 2.04. The summed E-state index contributed by atoms with van der Waals surface area (Å²) in [5.41, 5.74) is -0.170. The van der Waals surface area contributed by atoms with Crippen molar-refractivity contribution < 1.29 is 0 Å². The summed E-state index contributed by atoms with van der Waals surface area (Å²) in [6.07, 6.45) is 0. The zero-order valence-electron chi connectivity index (χ0n) is 8.80. The van der Waals surface area contributed by atoms with E-state index in [0.29, 0.717) is 23.2 Å². The van der Waals surface area contributed by atoms with Gasteiger partial charge < -0.3 is 10.3 Å². The fraction of sp³-hybridized carbons (Fsp3) is 0.400. The molecular weight excluding hydrogens is 214 g/mol. The van der Waals surface area contributed by atoms with Crippen LogP contribution in [-0.4, -0.2) is 16.5 Å². The van der Waals surface area contributed by atoms with Crippen LogP contribution in [-0.2, 0) is 0 Å². The zero-order valence-corrected chi connectivity index (χ0v) is 9.56. The van der Waals surface area contributed by atoms with Gasteiger partial charge in [-0.3, -0.25) is 4.79 Å². The van der Waals surface area contributed by atoms with E-state index < -0.39 is 0 Å². The number of hydrogen-bond donors (Lipinski definition) is 2. The molecule has 0 saturated carbocycles. The van der Waals surface area contributed by atoms with Crippen LogP contribution in [0.4, 0.5) is 5.82 Å². The summed E-state index contributed by atoms with van der Waals surface area (Å²) in [5.74, 6) is 1.35. The van der Waals surface area contributed by atoms with Gasteiger partial charge in [0.15, 0.2) is 0 Å². The summed E-state index contributed by atoms with van der Waals surface area (Å²) in [7, 11) is 0. The van der Waals surface area contributed by atoms with E-state index in [9.17, 15) is 4.79 Å². The van der Waals surface area contributed by atoms with Crippen molar-refractivity contribution in [1.29, 1.82) is 0 Å². The van der Waals surface area contributed by atoms with E-state index in [1.54, 1.807) is 0 Å². The molecule has 0 spiro atoms. The number of hydrogen-bond acceptors (Lipinski definition) is 3. The van der Waals surface area contributed by atoms with Gasteiger partial charge in [0.1, 0.15) is 11.6 Å². The average molecular weight is 228 g/mol. The minimum Gasteiger partial charge on any atom is -0.365 e. The molecule has 0 radical (unpaired) electrons. The molecule has 2 N–H and O–H groups in total. The number of anilines is 1. The number of rotatable bonds is 4. The lowest BCUT2D eigenvalue weighted by Gasteiger charge is -2.07. The summed E-state index contributed by atoms with van der Waals surface area (Å²) in [5, 5.41) is 3.39. The lowest BCUT2D eigenvalue weighted by atomic mass is 10.2. The lowest BCUT2D eigenvalue weighted by molar-refractivity contribution is 0.767. The zero-order chi connectivity index (χ0) is 11.4. The number of aromatic nitrogens is 2. The van der Waals surface area contributed by atoms with Crippen molar-refractivity contribution in [3.63, 3.8) is 0 Å². The normalized spacial score (nSPS) is 10.4. The predicted molar refractivity (Wildman–Crippen MR) is 62.4 cm³/mol.